The molecule has 2 amide bonds. The van der Waals surface area contributed by atoms with Gasteiger partial charge in [0.2, 0.25) is 21.8 Å². The molecule has 322 valence electrons. The van der Waals surface area contributed by atoms with Crippen LogP contribution in [0.4, 0.5) is 11.4 Å². The lowest BCUT2D eigenvalue weighted by Gasteiger charge is -2.21. The second kappa shape index (κ2) is 26.6. The summed E-state index contributed by atoms with van der Waals surface area (Å²) in [6.07, 6.45) is 0.171. The van der Waals surface area contributed by atoms with Crippen molar-refractivity contribution in [3.05, 3.63) is 139 Å². The van der Waals surface area contributed by atoms with Crippen molar-refractivity contribution in [2.24, 2.45) is 11.5 Å². The number of alkyl halides is 1. The quantitative estimate of drug-likeness (QED) is 0.0548. The Bertz CT molecular complexity index is 2030. The lowest BCUT2D eigenvalue weighted by atomic mass is 10.1. The van der Waals surface area contributed by atoms with Crippen LogP contribution in [0.25, 0.3) is 0 Å². The van der Waals surface area contributed by atoms with Gasteiger partial charge in [0.05, 0.1) is 34.9 Å². The van der Waals surface area contributed by atoms with E-state index in [2.05, 4.69) is 27.0 Å². The van der Waals surface area contributed by atoms with Crippen LogP contribution in [0.3, 0.4) is 0 Å². The van der Waals surface area contributed by atoms with E-state index in [1.807, 2.05) is 19.2 Å². The molecule has 4 rings (SSSR count). The number of nitrogens with one attached hydrogen (secondary N) is 1. The van der Waals surface area contributed by atoms with Gasteiger partial charge in [0.25, 0.3) is 11.4 Å². The van der Waals surface area contributed by atoms with Crippen LogP contribution < -0.4 is 21.5 Å². The molecule has 5 N–H and O–H groups in total. The summed E-state index contributed by atoms with van der Waals surface area (Å²) in [5.41, 5.74) is 15.0. The van der Waals surface area contributed by atoms with Crippen molar-refractivity contribution in [2.75, 3.05) is 55.1 Å². The maximum atomic E-state index is 13.0. The van der Waals surface area contributed by atoms with E-state index < -0.39 is 25.8 Å². The molecular weight excluding hydrogens is 850 g/mol. The molecule has 0 aromatic heterocycles. The number of ether oxygens (including phenoxy) is 2. The summed E-state index contributed by atoms with van der Waals surface area (Å²) >= 11 is 3.25. The molecule has 17 nitrogen and oxygen atoms in total. The molecule has 0 radical (unpaired) electrons. The predicted octanol–water partition coefficient (Wildman–Crippen LogP) is 5.01. The van der Waals surface area contributed by atoms with Crippen molar-refractivity contribution in [3.63, 3.8) is 0 Å². The van der Waals surface area contributed by atoms with Crippen molar-refractivity contribution in [1.29, 1.82) is 0 Å². The summed E-state index contributed by atoms with van der Waals surface area (Å²) in [6, 6.07) is 23.6. The fourth-order valence-electron chi connectivity index (χ4n) is 5.15. The van der Waals surface area contributed by atoms with Crippen LogP contribution in [0.15, 0.2) is 89.8 Å². The van der Waals surface area contributed by atoms with Gasteiger partial charge in [-0.05, 0) is 73.5 Å². The van der Waals surface area contributed by atoms with Crippen molar-refractivity contribution in [1.82, 2.24) is 14.5 Å². The van der Waals surface area contributed by atoms with Gasteiger partial charge in [-0.1, -0.05) is 64.5 Å². The highest BCUT2D eigenvalue weighted by Gasteiger charge is 2.25. The van der Waals surface area contributed by atoms with Crippen LogP contribution in [0, 0.1) is 34.1 Å². The van der Waals surface area contributed by atoms with Gasteiger partial charge in [-0.2, -0.15) is 4.31 Å². The summed E-state index contributed by atoms with van der Waals surface area (Å²) in [5.74, 6) is -0.0253. The molecule has 0 unspecified atom stereocenters. The zero-order valence-corrected chi connectivity index (χ0v) is 36.7. The Morgan fingerprint density at radius 2 is 1.27 bits per heavy atom. The summed E-state index contributed by atoms with van der Waals surface area (Å²) in [6.45, 7) is 4.59. The number of nitro groups is 2. The number of hydrogen-bond donors (Lipinski definition) is 3. The number of non-ortho nitro benzene ring substituents is 2. The lowest BCUT2D eigenvalue weighted by molar-refractivity contribution is -0.385. The lowest BCUT2D eigenvalue weighted by Crippen LogP contribution is -2.33. The molecule has 0 fully saturated rings. The summed E-state index contributed by atoms with van der Waals surface area (Å²) < 4.78 is 37.9. The van der Waals surface area contributed by atoms with E-state index in [0.29, 0.717) is 23.4 Å². The smallest absolute Gasteiger partial charge is 0.269 e. The highest BCUT2D eigenvalue weighted by molar-refractivity contribution is 9.08. The van der Waals surface area contributed by atoms with Gasteiger partial charge >= 0.3 is 0 Å². The molecule has 0 spiro atoms. The van der Waals surface area contributed by atoms with E-state index in [1.54, 1.807) is 69.4 Å². The van der Waals surface area contributed by atoms with E-state index in [1.165, 1.54) is 54.7 Å². The summed E-state index contributed by atoms with van der Waals surface area (Å²) in [7, 11) is 4.29. The van der Waals surface area contributed by atoms with Crippen LogP contribution in [0.1, 0.15) is 33.4 Å². The number of likely N-dealkylation sites (N-methyl/N-ethyl adjacent to an activating group) is 2. The minimum atomic E-state index is -3.72. The zero-order chi connectivity index (χ0) is 44.7. The number of carbonyl (C=O) groups is 2. The number of benzene rings is 4. The Morgan fingerprint density at radius 1 is 0.814 bits per heavy atom. The molecular formula is C40H54BrN7O10S. The first-order valence-electron chi connectivity index (χ1n) is 18.0. The number of nitro benzene ring substituents is 2. The highest BCUT2D eigenvalue weighted by atomic mass is 79.9. The van der Waals surface area contributed by atoms with Crippen molar-refractivity contribution in [2.45, 2.75) is 43.6 Å². The SMILES string of the molecule is CN.CNCc1ccc([N+](=O)[O-])cc1.COc1cc(C)c(S(=O)(=O)N(C)CCOCC(=O)N(C)Cc2ccc(CC(N)=O)cc2)c(C)c1.O=[N+]([O-])c1ccc(CBr)cc1. The minimum Gasteiger partial charge on any atom is -0.497 e. The third-order valence-corrected chi connectivity index (χ3v) is 11.0. The van der Waals surface area contributed by atoms with E-state index in [4.69, 9.17) is 15.2 Å². The van der Waals surface area contributed by atoms with Crippen molar-refractivity contribution in [3.8, 4) is 5.75 Å². The maximum absolute atomic E-state index is 13.0. The molecule has 0 bridgehead atoms. The average molecular weight is 905 g/mol. The fourth-order valence-corrected chi connectivity index (χ4v) is 7.08. The third-order valence-electron chi connectivity index (χ3n) is 8.19. The van der Waals surface area contributed by atoms with Gasteiger partial charge in [-0.15, -0.1) is 0 Å². The van der Waals surface area contributed by atoms with Crippen molar-refractivity contribution < 1.29 is 37.3 Å². The fraction of sp³-hybridized carbons (Fsp3) is 0.350. The van der Waals surface area contributed by atoms with E-state index in [-0.39, 0.29) is 48.4 Å². The maximum Gasteiger partial charge on any atom is 0.269 e. The van der Waals surface area contributed by atoms with Crippen LogP contribution in [-0.4, -0.2) is 94.3 Å². The van der Waals surface area contributed by atoms with Gasteiger partial charge < -0.3 is 31.2 Å². The number of aryl methyl sites for hydroxylation is 2. The van der Waals surface area contributed by atoms with Crippen LogP contribution in [0.2, 0.25) is 0 Å². The first-order valence-corrected chi connectivity index (χ1v) is 20.5. The predicted molar refractivity (Wildman–Crippen MR) is 231 cm³/mol. The number of hydrogen-bond acceptors (Lipinski definition) is 12. The highest BCUT2D eigenvalue weighted by Crippen LogP contribution is 2.27. The Hall–Kier alpha value is -5.31. The number of sulfonamides is 1. The number of primary amides is 1. The molecule has 59 heavy (non-hydrogen) atoms. The Labute approximate surface area is 354 Å². The normalized spacial score (nSPS) is 10.5. The summed E-state index contributed by atoms with van der Waals surface area (Å²) in [4.78, 5) is 44.8. The molecule has 0 aliphatic carbocycles. The van der Waals surface area contributed by atoms with Crippen molar-refractivity contribution >= 4 is 49.1 Å². The molecule has 0 aliphatic rings. The third kappa shape index (κ3) is 18.0. The standard InChI is InChI=1S/C24H33N3O6S.C8H10N2O2.C7H6BrNO2.CH5N/c1-17-12-21(32-5)13-18(2)24(17)34(30,31)27(4)10-11-33-16-23(29)26(3)15-20-8-6-19(7-9-20)14-22(25)28;1-9-6-7-2-4-8(5-3-7)10(11)12;8-5-6-1-3-7(4-2-6)9(10)11;1-2/h6-9,12-13H,10-11,14-16H2,1-5H3,(H2,25,28);2-5,9H,6H2,1H3;1-4H,5H2;2H2,1H3. The molecule has 0 heterocycles. The van der Waals surface area contributed by atoms with Crippen LogP contribution in [0.5, 0.6) is 5.75 Å². The second-order valence-corrected chi connectivity index (χ2v) is 15.2. The van der Waals surface area contributed by atoms with E-state index in [9.17, 15) is 38.2 Å². The number of rotatable bonds is 17. The number of nitrogens with zero attached hydrogens (tertiary/aromatic N) is 4. The number of carbonyl (C=O) groups excluding carboxylic acids is 2. The van der Waals surface area contributed by atoms with Gasteiger partial charge in [0.1, 0.15) is 12.4 Å². The second-order valence-electron chi connectivity index (χ2n) is 12.7. The van der Waals surface area contributed by atoms with Crippen LogP contribution in [-0.2, 0) is 49.2 Å². The van der Waals surface area contributed by atoms with E-state index in [0.717, 1.165) is 34.1 Å². The first-order chi connectivity index (χ1) is 27.9. The molecule has 0 saturated heterocycles. The van der Waals surface area contributed by atoms with Crippen LogP contribution >= 0.6 is 15.9 Å². The van der Waals surface area contributed by atoms with E-state index >= 15 is 0 Å². The number of amides is 2. The Morgan fingerprint density at radius 3 is 1.69 bits per heavy atom. The Kier molecular flexibility index (Phi) is 23.4. The number of methoxy groups -OCH3 is 1. The monoisotopic (exact) mass is 903 g/mol. The molecule has 0 saturated carbocycles. The zero-order valence-electron chi connectivity index (χ0n) is 34.3. The van der Waals surface area contributed by atoms with Gasteiger partial charge in [-0.25, -0.2) is 8.42 Å². The Balaban J connectivity index is 0.000000561. The van der Waals surface area contributed by atoms with Gasteiger partial charge in [0.15, 0.2) is 0 Å². The van der Waals surface area contributed by atoms with Gasteiger partial charge in [-0.3, -0.25) is 29.8 Å². The first kappa shape index (κ1) is 51.7. The molecule has 0 aliphatic heterocycles. The molecule has 19 heteroatoms. The topological polar surface area (TPSA) is 244 Å². The minimum absolute atomic E-state index is 0.0748. The molecule has 4 aromatic rings. The molecule has 0 atom stereocenters. The summed E-state index contributed by atoms with van der Waals surface area (Å²) in [5, 5.41) is 24.1. The largest absolute Gasteiger partial charge is 0.497 e. The van der Waals surface area contributed by atoms with Gasteiger partial charge in [0, 0.05) is 63.3 Å². The molecule has 4 aromatic carbocycles. The number of nitrogens with two attached hydrogens (primary N) is 2. The average Bonchev–Trinajstić information content (AvgIpc) is 3.21. The number of halogens is 1.